The zero-order chi connectivity index (χ0) is 10.1. The van der Waals surface area contributed by atoms with Crippen molar-refractivity contribution in [2.24, 2.45) is 5.73 Å². The Hall–Kier alpha value is -1.02. The van der Waals surface area contributed by atoms with Gasteiger partial charge in [0, 0.05) is 24.8 Å². The van der Waals surface area contributed by atoms with E-state index in [0.717, 1.165) is 19.5 Å². The standard InChI is InChI=1S/C12H18N2/c1-9-5-10(2)7-12(6-9)14-4-3-11(13)8-14/h5-7,11H,3-4,8,13H2,1-2H3. The average molecular weight is 190 g/mol. The molecule has 0 saturated carbocycles. The summed E-state index contributed by atoms with van der Waals surface area (Å²) < 4.78 is 0. The number of benzene rings is 1. The summed E-state index contributed by atoms with van der Waals surface area (Å²) in [6.45, 7) is 6.39. The molecule has 1 heterocycles. The van der Waals surface area contributed by atoms with Gasteiger partial charge in [0.15, 0.2) is 0 Å². The topological polar surface area (TPSA) is 29.3 Å². The fourth-order valence-corrected chi connectivity index (χ4v) is 2.16. The normalized spacial score (nSPS) is 21.6. The van der Waals surface area contributed by atoms with Crippen LogP contribution in [-0.4, -0.2) is 19.1 Å². The maximum atomic E-state index is 5.90. The molecule has 14 heavy (non-hydrogen) atoms. The molecule has 0 radical (unpaired) electrons. The van der Waals surface area contributed by atoms with Crippen molar-refractivity contribution in [3.8, 4) is 0 Å². The second kappa shape index (κ2) is 3.62. The molecule has 2 N–H and O–H groups in total. The highest BCUT2D eigenvalue weighted by Crippen LogP contribution is 2.22. The monoisotopic (exact) mass is 190 g/mol. The van der Waals surface area contributed by atoms with Crippen LogP contribution in [0.4, 0.5) is 5.69 Å². The summed E-state index contributed by atoms with van der Waals surface area (Å²) in [6.07, 6.45) is 1.12. The summed E-state index contributed by atoms with van der Waals surface area (Å²) in [7, 11) is 0. The van der Waals surface area contributed by atoms with Gasteiger partial charge in [0.1, 0.15) is 0 Å². The lowest BCUT2D eigenvalue weighted by molar-refractivity contribution is 0.752. The van der Waals surface area contributed by atoms with E-state index in [4.69, 9.17) is 5.73 Å². The Bertz CT molecular complexity index is 313. The number of rotatable bonds is 1. The molecular formula is C12H18N2. The molecule has 1 unspecified atom stereocenters. The summed E-state index contributed by atoms with van der Waals surface area (Å²) >= 11 is 0. The predicted molar refractivity (Wildman–Crippen MR) is 60.7 cm³/mol. The molecule has 0 bridgehead atoms. The quantitative estimate of drug-likeness (QED) is 0.732. The molecule has 2 nitrogen and oxygen atoms in total. The van der Waals surface area contributed by atoms with Crippen LogP contribution < -0.4 is 10.6 Å². The number of hydrogen-bond acceptors (Lipinski definition) is 2. The molecule has 2 heteroatoms. The molecule has 1 aliphatic rings. The highest BCUT2D eigenvalue weighted by Gasteiger charge is 2.19. The minimum atomic E-state index is 0.357. The van der Waals surface area contributed by atoms with E-state index in [-0.39, 0.29) is 0 Å². The number of hydrogen-bond donors (Lipinski definition) is 1. The maximum absolute atomic E-state index is 5.90. The molecule has 2 rings (SSSR count). The Balaban J connectivity index is 2.23. The van der Waals surface area contributed by atoms with Gasteiger partial charge in [-0.05, 0) is 43.5 Å². The van der Waals surface area contributed by atoms with E-state index in [9.17, 15) is 0 Å². The first-order chi connectivity index (χ1) is 6.65. The van der Waals surface area contributed by atoms with Crippen LogP contribution in [0.5, 0.6) is 0 Å². The molecule has 1 fully saturated rings. The molecule has 1 atom stereocenters. The Morgan fingerprint density at radius 2 is 1.86 bits per heavy atom. The van der Waals surface area contributed by atoms with Crippen LogP contribution >= 0.6 is 0 Å². The summed E-state index contributed by atoms with van der Waals surface area (Å²) in [6, 6.07) is 7.05. The van der Waals surface area contributed by atoms with Crippen LogP contribution in [0.25, 0.3) is 0 Å². The molecule has 0 aliphatic carbocycles. The van der Waals surface area contributed by atoms with Crippen molar-refractivity contribution in [1.29, 1.82) is 0 Å². The Kier molecular flexibility index (Phi) is 2.46. The minimum Gasteiger partial charge on any atom is -0.370 e. The van der Waals surface area contributed by atoms with Gasteiger partial charge < -0.3 is 10.6 Å². The van der Waals surface area contributed by atoms with Crippen molar-refractivity contribution in [3.05, 3.63) is 29.3 Å². The number of aryl methyl sites for hydroxylation is 2. The van der Waals surface area contributed by atoms with E-state index in [2.05, 4.69) is 36.9 Å². The first kappa shape index (κ1) is 9.53. The van der Waals surface area contributed by atoms with Gasteiger partial charge >= 0.3 is 0 Å². The van der Waals surface area contributed by atoms with Crippen LogP contribution in [0.3, 0.4) is 0 Å². The molecule has 1 aromatic carbocycles. The van der Waals surface area contributed by atoms with Gasteiger partial charge in [0.05, 0.1) is 0 Å². The van der Waals surface area contributed by atoms with Crippen LogP contribution in [-0.2, 0) is 0 Å². The molecule has 0 aromatic heterocycles. The van der Waals surface area contributed by atoms with Gasteiger partial charge in [0.25, 0.3) is 0 Å². The Morgan fingerprint density at radius 1 is 1.21 bits per heavy atom. The van der Waals surface area contributed by atoms with E-state index >= 15 is 0 Å². The highest BCUT2D eigenvalue weighted by molar-refractivity contribution is 5.51. The lowest BCUT2D eigenvalue weighted by atomic mass is 10.1. The Labute approximate surface area is 85.7 Å². The zero-order valence-corrected chi connectivity index (χ0v) is 8.96. The maximum Gasteiger partial charge on any atom is 0.0372 e. The van der Waals surface area contributed by atoms with Crippen LogP contribution in [0.2, 0.25) is 0 Å². The average Bonchev–Trinajstić information content (AvgIpc) is 2.50. The summed E-state index contributed by atoms with van der Waals surface area (Å²) in [5.41, 5.74) is 9.89. The van der Waals surface area contributed by atoms with Crippen molar-refractivity contribution in [2.45, 2.75) is 26.3 Å². The summed E-state index contributed by atoms with van der Waals surface area (Å²) in [4.78, 5) is 2.38. The highest BCUT2D eigenvalue weighted by atomic mass is 15.2. The molecule has 0 spiro atoms. The molecule has 1 aromatic rings. The smallest absolute Gasteiger partial charge is 0.0372 e. The third-order valence-electron chi connectivity index (χ3n) is 2.80. The molecular weight excluding hydrogens is 172 g/mol. The predicted octanol–water partition coefficient (Wildman–Crippen LogP) is 1.84. The van der Waals surface area contributed by atoms with Gasteiger partial charge in [-0.25, -0.2) is 0 Å². The van der Waals surface area contributed by atoms with Crippen molar-refractivity contribution in [2.75, 3.05) is 18.0 Å². The molecule has 0 amide bonds. The summed E-state index contributed by atoms with van der Waals surface area (Å²) in [5.74, 6) is 0. The Morgan fingerprint density at radius 3 is 2.36 bits per heavy atom. The van der Waals surface area contributed by atoms with E-state index in [1.54, 1.807) is 0 Å². The lowest BCUT2D eigenvalue weighted by Gasteiger charge is -2.19. The SMILES string of the molecule is Cc1cc(C)cc(N2CCC(N)C2)c1. The number of nitrogens with two attached hydrogens (primary N) is 1. The van der Waals surface area contributed by atoms with Crippen LogP contribution in [0.1, 0.15) is 17.5 Å². The molecule has 1 aliphatic heterocycles. The first-order valence-corrected chi connectivity index (χ1v) is 5.24. The fourth-order valence-electron chi connectivity index (χ4n) is 2.16. The third-order valence-corrected chi connectivity index (χ3v) is 2.80. The third kappa shape index (κ3) is 1.90. The number of nitrogens with zero attached hydrogens (tertiary/aromatic N) is 1. The largest absolute Gasteiger partial charge is 0.370 e. The van der Waals surface area contributed by atoms with Crippen molar-refractivity contribution in [3.63, 3.8) is 0 Å². The molecule has 1 saturated heterocycles. The second-order valence-electron chi connectivity index (χ2n) is 4.34. The van der Waals surface area contributed by atoms with Gasteiger partial charge in [-0.3, -0.25) is 0 Å². The van der Waals surface area contributed by atoms with E-state index in [0.29, 0.717) is 6.04 Å². The van der Waals surface area contributed by atoms with Gasteiger partial charge in [-0.2, -0.15) is 0 Å². The van der Waals surface area contributed by atoms with Gasteiger partial charge in [-0.15, -0.1) is 0 Å². The van der Waals surface area contributed by atoms with Crippen LogP contribution in [0.15, 0.2) is 18.2 Å². The van der Waals surface area contributed by atoms with E-state index < -0.39 is 0 Å². The first-order valence-electron chi connectivity index (χ1n) is 5.24. The molecule has 76 valence electrons. The lowest BCUT2D eigenvalue weighted by Crippen LogP contribution is -2.26. The fraction of sp³-hybridized carbons (Fsp3) is 0.500. The van der Waals surface area contributed by atoms with E-state index in [1.165, 1.54) is 16.8 Å². The van der Waals surface area contributed by atoms with Crippen molar-refractivity contribution < 1.29 is 0 Å². The zero-order valence-electron chi connectivity index (χ0n) is 8.96. The number of anilines is 1. The minimum absolute atomic E-state index is 0.357. The van der Waals surface area contributed by atoms with Crippen molar-refractivity contribution in [1.82, 2.24) is 0 Å². The van der Waals surface area contributed by atoms with E-state index in [1.807, 2.05) is 0 Å². The van der Waals surface area contributed by atoms with Gasteiger partial charge in [-0.1, -0.05) is 6.07 Å². The second-order valence-corrected chi connectivity index (χ2v) is 4.34. The van der Waals surface area contributed by atoms with Crippen molar-refractivity contribution >= 4 is 5.69 Å². The van der Waals surface area contributed by atoms with Gasteiger partial charge in [0.2, 0.25) is 0 Å². The summed E-state index contributed by atoms with van der Waals surface area (Å²) in [5, 5.41) is 0. The van der Waals surface area contributed by atoms with Crippen LogP contribution in [0, 0.1) is 13.8 Å².